The first-order valence-electron chi connectivity index (χ1n) is 9.00. The fourth-order valence-corrected chi connectivity index (χ4v) is 3.18. The molecule has 4 nitrogen and oxygen atoms in total. The molecule has 0 unspecified atom stereocenters. The fraction of sp³-hybridized carbons (Fsp3) is 0.273. The molecule has 1 amide bonds. The van der Waals surface area contributed by atoms with Crippen LogP contribution in [0.3, 0.4) is 0 Å². The van der Waals surface area contributed by atoms with Crippen molar-refractivity contribution in [2.75, 3.05) is 7.11 Å². The molecular weight excluding hydrogens is 364 g/mol. The normalized spacial score (nSPS) is 17.3. The van der Waals surface area contributed by atoms with Gasteiger partial charge >= 0.3 is 5.92 Å². The maximum atomic E-state index is 14.3. The second-order valence-corrected chi connectivity index (χ2v) is 6.64. The molecule has 0 bridgehead atoms. The predicted molar refractivity (Wildman–Crippen MR) is 101 cm³/mol. The van der Waals surface area contributed by atoms with Crippen LogP contribution in [-0.4, -0.2) is 29.7 Å². The minimum Gasteiger partial charge on any atom is -0.497 e. The molecule has 0 radical (unpaired) electrons. The van der Waals surface area contributed by atoms with Crippen molar-refractivity contribution in [3.05, 3.63) is 77.9 Å². The molecule has 2 aromatic rings. The Bertz CT molecular complexity index is 863. The summed E-state index contributed by atoms with van der Waals surface area (Å²) in [5, 5.41) is 0. The molecule has 146 valence electrons. The first kappa shape index (κ1) is 19.7. The summed E-state index contributed by atoms with van der Waals surface area (Å²) in [6.07, 6.45) is 3.13. The number of carbonyl (C=O) groups excluding carboxylic acids is 2. The molecule has 0 aromatic heterocycles. The monoisotopic (exact) mass is 385 g/mol. The van der Waals surface area contributed by atoms with Gasteiger partial charge in [0.15, 0.2) is 0 Å². The molecule has 28 heavy (non-hydrogen) atoms. The largest absolute Gasteiger partial charge is 0.497 e. The van der Waals surface area contributed by atoms with E-state index in [9.17, 15) is 18.4 Å². The van der Waals surface area contributed by atoms with Crippen LogP contribution in [0.25, 0.3) is 0 Å². The molecule has 1 fully saturated rings. The second kappa shape index (κ2) is 8.33. The van der Waals surface area contributed by atoms with Gasteiger partial charge < -0.3 is 9.64 Å². The third-order valence-electron chi connectivity index (χ3n) is 4.80. The molecule has 1 aliphatic rings. The minimum absolute atomic E-state index is 0.0623. The number of rotatable bonds is 7. The average Bonchev–Trinajstić information content (AvgIpc) is 3.06. The summed E-state index contributed by atoms with van der Waals surface area (Å²) < 4.78 is 33.8. The van der Waals surface area contributed by atoms with Crippen LogP contribution >= 0.6 is 0 Å². The number of hydrogen-bond donors (Lipinski definition) is 0. The van der Waals surface area contributed by atoms with Gasteiger partial charge in [-0.2, -0.15) is 8.78 Å². The molecule has 0 N–H and O–H groups in total. The quantitative estimate of drug-likeness (QED) is 0.674. The summed E-state index contributed by atoms with van der Waals surface area (Å²) in [6, 6.07) is 13.9. The summed E-state index contributed by atoms with van der Waals surface area (Å²) in [7, 11) is 1.57. The number of likely N-dealkylation sites (tertiary alicyclic amines) is 1. The lowest BCUT2D eigenvalue weighted by molar-refractivity contribution is -0.139. The summed E-state index contributed by atoms with van der Waals surface area (Å²) in [5.74, 6) is -4.24. The Morgan fingerprint density at radius 2 is 1.86 bits per heavy atom. The first-order chi connectivity index (χ1) is 13.4. The van der Waals surface area contributed by atoms with Crippen molar-refractivity contribution < 1.29 is 23.1 Å². The number of benzene rings is 2. The Morgan fingerprint density at radius 1 is 1.18 bits per heavy atom. The van der Waals surface area contributed by atoms with E-state index in [1.165, 1.54) is 30.3 Å². The van der Waals surface area contributed by atoms with Crippen LogP contribution in [0.15, 0.2) is 66.7 Å². The molecule has 1 aliphatic heterocycles. The van der Waals surface area contributed by atoms with Gasteiger partial charge in [0.05, 0.1) is 13.2 Å². The van der Waals surface area contributed by atoms with Crippen LogP contribution in [0.5, 0.6) is 5.75 Å². The molecule has 3 rings (SSSR count). The van der Waals surface area contributed by atoms with Gasteiger partial charge in [0.25, 0.3) is 0 Å². The molecular formula is C22H21F2NO3. The van der Waals surface area contributed by atoms with Crippen molar-refractivity contribution in [3.63, 3.8) is 0 Å². The SMILES string of the molecule is COc1ccc(CN2C(=O)CC[C@@H]2C=CC(=O)C(F)(F)c2ccccc2)cc1. The second-order valence-electron chi connectivity index (χ2n) is 6.64. The highest BCUT2D eigenvalue weighted by Gasteiger charge is 2.39. The number of methoxy groups -OCH3 is 1. The first-order valence-corrected chi connectivity index (χ1v) is 9.00. The van der Waals surface area contributed by atoms with Gasteiger partial charge in [-0.25, -0.2) is 0 Å². The molecule has 0 saturated carbocycles. The zero-order valence-electron chi connectivity index (χ0n) is 15.5. The minimum atomic E-state index is -3.60. The Kier molecular flexibility index (Phi) is 5.87. The molecule has 1 heterocycles. The fourth-order valence-electron chi connectivity index (χ4n) is 3.18. The summed E-state index contributed by atoms with van der Waals surface area (Å²) >= 11 is 0. The van der Waals surface area contributed by atoms with Crippen molar-refractivity contribution in [2.24, 2.45) is 0 Å². The zero-order chi connectivity index (χ0) is 20.1. The van der Waals surface area contributed by atoms with E-state index in [1.807, 2.05) is 12.1 Å². The van der Waals surface area contributed by atoms with E-state index in [0.29, 0.717) is 25.1 Å². The maximum Gasteiger partial charge on any atom is 0.334 e. The highest BCUT2D eigenvalue weighted by atomic mass is 19.3. The number of alkyl halides is 2. The lowest BCUT2D eigenvalue weighted by Crippen LogP contribution is -2.31. The Morgan fingerprint density at radius 3 is 2.50 bits per heavy atom. The van der Waals surface area contributed by atoms with E-state index in [-0.39, 0.29) is 17.5 Å². The van der Waals surface area contributed by atoms with Crippen molar-refractivity contribution in [1.82, 2.24) is 4.90 Å². The summed E-state index contributed by atoms with van der Waals surface area (Å²) in [5.41, 5.74) is 0.553. The number of halogens is 2. The molecule has 1 saturated heterocycles. The number of ketones is 1. The third kappa shape index (κ3) is 4.27. The molecule has 2 aromatic carbocycles. The molecule has 0 aliphatic carbocycles. The van der Waals surface area contributed by atoms with Gasteiger partial charge in [-0.3, -0.25) is 9.59 Å². The van der Waals surface area contributed by atoms with E-state index in [1.54, 1.807) is 30.2 Å². The van der Waals surface area contributed by atoms with Crippen molar-refractivity contribution in [3.8, 4) is 5.75 Å². The zero-order valence-corrected chi connectivity index (χ0v) is 15.5. The van der Waals surface area contributed by atoms with E-state index in [0.717, 1.165) is 11.6 Å². The van der Waals surface area contributed by atoms with E-state index >= 15 is 0 Å². The number of hydrogen-bond acceptors (Lipinski definition) is 3. The van der Waals surface area contributed by atoms with Gasteiger partial charge in [-0.15, -0.1) is 0 Å². The van der Waals surface area contributed by atoms with Crippen LogP contribution in [0.2, 0.25) is 0 Å². The van der Waals surface area contributed by atoms with Gasteiger partial charge in [0, 0.05) is 18.5 Å². The van der Waals surface area contributed by atoms with Gasteiger partial charge in [-0.05, 0) is 30.2 Å². The smallest absolute Gasteiger partial charge is 0.334 e. The van der Waals surface area contributed by atoms with Crippen LogP contribution in [0.4, 0.5) is 8.78 Å². The lowest BCUT2D eigenvalue weighted by atomic mass is 10.0. The van der Waals surface area contributed by atoms with Crippen LogP contribution < -0.4 is 4.74 Å². The van der Waals surface area contributed by atoms with Crippen LogP contribution in [0, 0.1) is 0 Å². The lowest BCUT2D eigenvalue weighted by Gasteiger charge is -2.23. The number of ether oxygens (including phenoxy) is 1. The average molecular weight is 385 g/mol. The van der Waals surface area contributed by atoms with E-state index in [4.69, 9.17) is 4.74 Å². The Hall–Kier alpha value is -3.02. The van der Waals surface area contributed by atoms with Gasteiger partial charge in [0.1, 0.15) is 5.75 Å². The van der Waals surface area contributed by atoms with Gasteiger partial charge in [-0.1, -0.05) is 48.5 Å². The number of nitrogens with zero attached hydrogens (tertiary/aromatic N) is 1. The van der Waals surface area contributed by atoms with Crippen molar-refractivity contribution in [2.45, 2.75) is 31.4 Å². The number of carbonyl (C=O) groups is 2. The maximum absolute atomic E-state index is 14.3. The van der Waals surface area contributed by atoms with Gasteiger partial charge in [0.2, 0.25) is 11.7 Å². The molecule has 1 atom stereocenters. The van der Waals surface area contributed by atoms with Crippen LogP contribution in [-0.2, 0) is 22.1 Å². The summed E-state index contributed by atoms with van der Waals surface area (Å²) in [4.78, 5) is 25.9. The highest BCUT2D eigenvalue weighted by Crippen LogP contribution is 2.30. The highest BCUT2D eigenvalue weighted by molar-refractivity contribution is 5.96. The molecule has 0 spiro atoms. The Balaban J connectivity index is 1.71. The Labute approximate surface area is 162 Å². The number of amides is 1. The molecule has 6 heteroatoms. The summed E-state index contributed by atoms with van der Waals surface area (Å²) in [6.45, 7) is 0.348. The van der Waals surface area contributed by atoms with Crippen molar-refractivity contribution >= 4 is 11.7 Å². The topological polar surface area (TPSA) is 46.6 Å². The standard InChI is InChI=1S/C22H21F2NO3/c1-28-19-11-7-16(8-12-19)15-25-18(10-14-21(25)27)9-13-20(26)22(23,24)17-5-3-2-4-6-17/h2-9,11-13,18H,10,14-15H2,1H3/t18-/m0/s1. The van der Waals surface area contributed by atoms with Crippen molar-refractivity contribution in [1.29, 1.82) is 0 Å². The van der Waals surface area contributed by atoms with E-state index in [2.05, 4.69) is 0 Å². The van der Waals surface area contributed by atoms with E-state index < -0.39 is 11.7 Å². The van der Waals surface area contributed by atoms with Crippen LogP contribution in [0.1, 0.15) is 24.0 Å². The predicted octanol–water partition coefficient (Wildman–Crippen LogP) is 4.10. The number of allylic oxidation sites excluding steroid dienone is 1. The third-order valence-corrected chi connectivity index (χ3v) is 4.80.